The van der Waals surface area contributed by atoms with E-state index in [4.69, 9.17) is 4.74 Å². The molecule has 1 aliphatic rings. The zero-order chi connectivity index (χ0) is 13.3. The fraction of sp³-hybridized carbons (Fsp3) is 1.00. The number of likely N-dealkylation sites (tertiary alicyclic amines) is 1. The number of ether oxygens (including phenoxy) is 1. The summed E-state index contributed by atoms with van der Waals surface area (Å²) >= 11 is 0. The molecular formula is C10H21NO5S. The van der Waals surface area contributed by atoms with Crippen LogP contribution in [0.15, 0.2) is 0 Å². The molecule has 1 N–H and O–H groups in total. The second-order valence-electron chi connectivity index (χ2n) is 5.37. The number of nitrogens with zero attached hydrogens (tertiary/aromatic N) is 1. The molecule has 0 aliphatic carbocycles. The van der Waals surface area contributed by atoms with Crippen LogP contribution in [0.5, 0.6) is 0 Å². The minimum atomic E-state index is -3.37. The van der Waals surface area contributed by atoms with Gasteiger partial charge in [0.25, 0.3) is 10.1 Å². The third kappa shape index (κ3) is 5.78. The quantitative estimate of drug-likeness (QED) is 0.557. The van der Waals surface area contributed by atoms with Gasteiger partial charge in [0.2, 0.25) is 6.41 Å². The number of aliphatic hydroxyl groups excluding tert-OH is 1. The second kappa shape index (κ2) is 5.19. The van der Waals surface area contributed by atoms with Gasteiger partial charge in [-0.25, -0.2) is 0 Å². The number of hydrogen-bond acceptors (Lipinski definition) is 6. The Labute approximate surface area is 103 Å². The van der Waals surface area contributed by atoms with Gasteiger partial charge in [-0.1, -0.05) is 0 Å². The van der Waals surface area contributed by atoms with E-state index in [0.29, 0.717) is 13.1 Å². The highest BCUT2D eigenvalue weighted by atomic mass is 32.2. The van der Waals surface area contributed by atoms with Crippen LogP contribution in [0.25, 0.3) is 0 Å². The summed E-state index contributed by atoms with van der Waals surface area (Å²) in [5, 5.41) is 9.70. The summed E-state index contributed by atoms with van der Waals surface area (Å²) in [5.41, 5.74) is -0.409. The van der Waals surface area contributed by atoms with Crippen molar-refractivity contribution >= 4 is 10.1 Å². The third-order valence-electron chi connectivity index (χ3n) is 2.27. The van der Waals surface area contributed by atoms with E-state index in [2.05, 4.69) is 4.18 Å². The molecule has 0 radical (unpaired) electrons. The first-order valence-corrected chi connectivity index (χ1v) is 7.33. The fourth-order valence-corrected chi connectivity index (χ4v) is 1.95. The second-order valence-corrected chi connectivity index (χ2v) is 7.01. The van der Waals surface area contributed by atoms with E-state index >= 15 is 0 Å². The largest absolute Gasteiger partial charge is 0.356 e. The average molecular weight is 267 g/mol. The zero-order valence-electron chi connectivity index (χ0n) is 10.7. The van der Waals surface area contributed by atoms with Gasteiger partial charge in [0.05, 0.1) is 18.5 Å². The van der Waals surface area contributed by atoms with Crippen molar-refractivity contribution in [3.63, 3.8) is 0 Å². The molecule has 7 heteroatoms. The summed E-state index contributed by atoms with van der Waals surface area (Å²) in [4.78, 5) is 1.72. The van der Waals surface area contributed by atoms with E-state index in [9.17, 15) is 13.5 Å². The highest BCUT2D eigenvalue weighted by Crippen LogP contribution is 2.21. The lowest BCUT2D eigenvalue weighted by atomic mass is 10.0. The molecule has 0 spiro atoms. The van der Waals surface area contributed by atoms with E-state index < -0.39 is 22.1 Å². The zero-order valence-corrected chi connectivity index (χ0v) is 11.5. The standard InChI is InChI=1S/C10H21NO5S/c1-10(2,3)16-9(12)11-5-8(6-11)7-15-17(4,13)14/h8-9,12H,5-7H2,1-4H3. The summed E-state index contributed by atoms with van der Waals surface area (Å²) in [6, 6.07) is 0. The average Bonchev–Trinajstić information content (AvgIpc) is 1.94. The van der Waals surface area contributed by atoms with E-state index in [1.54, 1.807) is 4.90 Å². The van der Waals surface area contributed by atoms with Crippen LogP contribution in [0.1, 0.15) is 20.8 Å². The van der Waals surface area contributed by atoms with Gasteiger partial charge in [-0.15, -0.1) is 0 Å². The van der Waals surface area contributed by atoms with Crippen molar-refractivity contribution in [2.75, 3.05) is 26.0 Å². The van der Waals surface area contributed by atoms with E-state index in [0.717, 1.165) is 6.26 Å². The monoisotopic (exact) mass is 267 g/mol. The smallest absolute Gasteiger partial charge is 0.264 e. The van der Waals surface area contributed by atoms with Crippen molar-refractivity contribution in [2.24, 2.45) is 5.92 Å². The maximum Gasteiger partial charge on any atom is 0.264 e. The molecule has 1 atom stereocenters. The van der Waals surface area contributed by atoms with Crippen LogP contribution in [0.3, 0.4) is 0 Å². The minimum Gasteiger partial charge on any atom is -0.356 e. The van der Waals surface area contributed by atoms with E-state index in [1.165, 1.54) is 0 Å². The Kier molecular flexibility index (Phi) is 4.54. The van der Waals surface area contributed by atoms with Crippen molar-refractivity contribution < 1.29 is 22.4 Å². The Bertz CT molecular complexity index is 342. The maximum absolute atomic E-state index is 10.8. The Morgan fingerprint density at radius 2 is 1.94 bits per heavy atom. The van der Waals surface area contributed by atoms with Gasteiger partial charge >= 0.3 is 0 Å². The Morgan fingerprint density at radius 1 is 1.41 bits per heavy atom. The van der Waals surface area contributed by atoms with Crippen molar-refractivity contribution in [2.45, 2.75) is 32.8 Å². The number of aliphatic hydroxyl groups is 1. The fourth-order valence-electron chi connectivity index (χ4n) is 1.51. The van der Waals surface area contributed by atoms with Gasteiger partial charge in [0.15, 0.2) is 0 Å². The van der Waals surface area contributed by atoms with Crippen molar-refractivity contribution in [1.29, 1.82) is 0 Å². The predicted molar refractivity (Wildman–Crippen MR) is 62.7 cm³/mol. The molecular weight excluding hydrogens is 246 g/mol. The topological polar surface area (TPSA) is 76.1 Å². The maximum atomic E-state index is 10.8. The van der Waals surface area contributed by atoms with Gasteiger partial charge < -0.3 is 9.84 Å². The molecule has 1 heterocycles. The first-order valence-electron chi connectivity index (χ1n) is 5.51. The van der Waals surface area contributed by atoms with Crippen LogP contribution >= 0.6 is 0 Å². The van der Waals surface area contributed by atoms with Crippen LogP contribution in [-0.2, 0) is 19.0 Å². The summed E-state index contributed by atoms with van der Waals surface area (Å²) in [6.07, 6.45) is 0.0885. The van der Waals surface area contributed by atoms with Gasteiger partial charge in [0, 0.05) is 19.0 Å². The summed E-state index contributed by atoms with van der Waals surface area (Å²) < 4.78 is 31.6. The first kappa shape index (κ1) is 14.8. The Hall–Kier alpha value is -0.210. The molecule has 1 fully saturated rings. The highest BCUT2D eigenvalue weighted by Gasteiger charge is 2.34. The molecule has 0 aromatic carbocycles. The molecule has 0 bridgehead atoms. The molecule has 1 saturated heterocycles. The van der Waals surface area contributed by atoms with Crippen LogP contribution in [-0.4, -0.2) is 56.4 Å². The van der Waals surface area contributed by atoms with Crippen LogP contribution in [0, 0.1) is 5.92 Å². The van der Waals surface area contributed by atoms with Gasteiger partial charge in [0.1, 0.15) is 0 Å². The summed E-state index contributed by atoms with van der Waals surface area (Å²) in [6.45, 7) is 6.90. The third-order valence-corrected chi connectivity index (χ3v) is 2.84. The van der Waals surface area contributed by atoms with Crippen molar-refractivity contribution in [3.05, 3.63) is 0 Å². The molecule has 6 nitrogen and oxygen atoms in total. The van der Waals surface area contributed by atoms with Crippen LogP contribution in [0.4, 0.5) is 0 Å². The molecule has 102 valence electrons. The normalized spacial score (nSPS) is 21.2. The molecule has 1 aliphatic heterocycles. The van der Waals surface area contributed by atoms with E-state index in [-0.39, 0.29) is 12.5 Å². The first-order chi connectivity index (χ1) is 7.57. The summed E-state index contributed by atoms with van der Waals surface area (Å²) in [5.74, 6) is 0.128. The molecule has 0 aromatic rings. The molecule has 1 unspecified atom stereocenters. The lowest BCUT2D eigenvalue weighted by molar-refractivity contribution is -0.262. The molecule has 17 heavy (non-hydrogen) atoms. The number of rotatable bonds is 5. The summed E-state index contributed by atoms with van der Waals surface area (Å²) in [7, 11) is -3.37. The lowest BCUT2D eigenvalue weighted by Gasteiger charge is -2.42. The van der Waals surface area contributed by atoms with Crippen molar-refractivity contribution in [3.8, 4) is 0 Å². The number of hydrogen-bond donors (Lipinski definition) is 1. The van der Waals surface area contributed by atoms with Gasteiger partial charge in [-0.3, -0.25) is 9.08 Å². The molecule has 0 saturated carbocycles. The van der Waals surface area contributed by atoms with E-state index in [1.807, 2.05) is 20.8 Å². The lowest BCUT2D eigenvalue weighted by Crippen LogP contribution is -2.55. The predicted octanol–water partition coefficient (Wildman–Crippen LogP) is -0.0146. The SMILES string of the molecule is CC(C)(C)OC(O)N1CC(COS(C)(=O)=O)C1. The minimum absolute atomic E-state index is 0.128. The van der Waals surface area contributed by atoms with Crippen LogP contribution < -0.4 is 0 Å². The molecule has 0 amide bonds. The van der Waals surface area contributed by atoms with Crippen LogP contribution in [0.2, 0.25) is 0 Å². The molecule has 0 aromatic heterocycles. The highest BCUT2D eigenvalue weighted by molar-refractivity contribution is 7.85. The Morgan fingerprint density at radius 3 is 2.35 bits per heavy atom. The molecule has 1 rings (SSSR count). The van der Waals surface area contributed by atoms with Gasteiger partial charge in [-0.05, 0) is 20.8 Å². The Balaban J connectivity index is 2.23. The van der Waals surface area contributed by atoms with Crippen molar-refractivity contribution in [1.82, 2.24) is 4.90 Å². The van der Waals surface area contributed by atoms with Gasteiger partial charge in [-0.2, -0.15) is 8.42 Å².